The third-order valence-electron chi connectivity index (χ3n) is 3.21. The molecule has 1 aliphatic rings. The van der Waals surface area contributed by atoms with Crippen LogP contribution in [0.4, 0.5) is 4.39 Å². The van der Waals surface area contributed by atoms with Crippen molar-refractivity contribution in [1.82, 2.24) is 9.55 Å². The molecule has 1 aliphatic heterocycles. The van der Waals surface area contributed by atoms with Crippen LogP contribution in [0.1, 0.15) is 20.1 Å². The highest BCUT2D eigenvalue weighted by molar-refractivity contribution is 5.17. The van der Waals surface area contributed by atoms with Gasteiger partial charge in [-0.25, -0.2) is 9.18 Å². The maximum absolute atomic E-state index is 14.6. The highest BCUT2D eigenvalue weighted by Gasteiger charge is 2.59. The number of nitrogens with one attached hydrogen (secondary N) is 1. The molecule has 0 unspecified atom stereocenters. The largest absolute Gasteiger partial charge is 0.506 e. The van der Waals surface area contributed by atoms with Crippen molar-refractivity contribution in [3.05, 3.63) is 44.4 Å². The number of halogens is 1. The molecule has 0 aliphatic carbocycles. The van der Waals surface area contributed by atoms with Gasteiger partial charge in [0.15, 0.2) is 18.1 Å². The van der Waals surface area contributed by atoms with Crippen LogP contribution in [-0.2, 0) is 4.74 Å². The minimum atomic E-state index is -3.04. The highest BCUT2D eigenvalue weighted by atomic mass is 19.2. The summed E-state index contributed by atoms with van der Waals surface area (Å²) in [6.45, 7) is 2.78. The number of aromatic amines is 1. The second-order valence-corrected chi connectivity index (χ2v) is 4.95. The smallest absolute Gasteiger partial charge is 0.330 e. The number of aliphatic hydroxyl groups excluding tert-OH is 3. The average molecular weight is 302 g/mol. The monoisotopic (exact) mass is 302 g/mol. The van der Waals surface area contributed by atoms with Crippen LogP contribution in [0.25, 0.3) is 0 Å². The molecule has 4 atom stereocenters. The number of allylic oxidation sites excluding steroid dienone is 1. The zero-order chi connectivity index (χ0) is 15.9. The number of H-pyrrole nitrogens is 1. The van der Waals surface area contributed by atoms with E-state index in [-0.39, 0.29) is 5.57 Å². The summed E-state index contributed by atoms with van der Waals surface area (Å²) in [5.41, 5.74) is -1.49. The van der Waals surface area contributed by atoms with Crippen LogP contribution >= 0.6 is 0 Å². The molecule has 0 amide bonds. The lowest BCUT2D eigenvalue weighted by Crippen LogP contribution is -2.41. The fourth-order valence-corrected chi connectivity index (χ4v) is 2.08. The first-order valence-corrected chi connectivity index (χ1v) is 6.09. The van der Waals surface area contributed by atoms with Crippen molar-refractivity contribution in [1.29, 1.82) is 0 Å². The van der Waals surface area contributed by atoms with Crippen molar-refractivity contribution in [2.24, 2.45) is 0 Å². The van der Waals surface area contributed by atoms with E-state index in [0.717, 1.165) is 16.8 Å². The molecular weight excluding hydrogens is 287 g/mol. The predicted octanol–water partition coefficient (Wildman–Crippen LogP) is -0.695. The van der Waals surface area contributed by atoms with Gasteiger partial charge >= 0.3 is 5.69 Å². The van der Waals surface area contributed by atoms with Crippen LogP contribution in [-0.4, -0.2) is 42.9 Å². The summed E-state index contributed by atoms with van der Waals surface area (Å²) >= 11 is 0. The summed E-state index contributed by atoms with van der Waals surface area (Å²) in [4.78, 5) is 24.5. The molecule has 21 heavy (non-hydrogen) atoms. The molecule has 1 aromatic rings. The molecule has 1 fully saturated rings. The van der Waals surface area contributed by atoms with Gasteiger partial charge in [-0.05, 0) is 19.4 Å². The zero-order valence-electron chi connectivity index (χ0n) is 11.3. The van der Waals surface area contributed by atoms with E-state index in [9.17, 15) is 29.3 Å². The molecule has 2 rings (SSSR count). The van der Waals surface area contributed by atoms with Crippen LogP contribution in [0.2, 0.25) is 0 Å². The molecule has 116 valence electrons. The topological polar surface area (TPSA) is 125 Å². The lowest BCUT2D eigenvalue weighted by Gasteiger charge is -2.23. The number of ether oxygens (including phenoxy) is 1. The third-order valence-corrected chi connectivity index (χ3v) is 3.21. The Labute approximate surface area is 117 Å². The maximum Gasteiger partial charge on any atom is 0.330 e. The fraction of sp³-hybridized carbons (Fsp3) is 0.500. The van der Waals surface area contributed by atoms with Crippen LogP contribution in [0, 0.1) is 0 Å². The predicted molar refractivity (Wildman–Crippen MR) is 68.3 cm³/mol. The van der Waals surface area contributed by atoms with Crippen LogP contribution in [0.3, 0.4) is 0 Å². The fourth-order valence-electron chi connectivity index (χ4n) is 2.08. The molecule has 0 spiro atoms. The number of rotatable bonds is 2. The van der Waals surface area contributed by atoms with Gasteiger partial charge in [0.05, 0.1) is 0 Å². The third kappa shape index (κ3) is 2.39. The second-order valence-electron chi connectivity index (χ2n) is 4.95. The molecule has 1 saturated heterocycles. The van der Waals surface area contributed by atoms with Gasteiger partial charge in [0.1, 0.15) is 6.10 Å². The van der Waals surface area contributed by atoms with E-state index in [2.05, 4.69) is 0 Å². The van der Waals surface area contributed by atoms with Gasteiger partial charge in [-0.2, -0.15) is 0 Å². The van der Waals surface area contributed by atoms with Gasteiger partial charge in [0.25, 0.3) is 11.4 Å². The SMILES string of the molecule is CC(C)=C(O)[C@@]1(F)O[C@@H](n2ccc(=O)[nH]c2=O)[C@H](O)[C@@H]1O. The van der Waals surface area contributed by atoms with E-state index < -0.39 is 41.3 Å². The Kier molecular flexibility index (Phi) is 3.74. The first-order chi connectivity index (χ1) is 9.68. The zero-order valence-corrected chi connectivity index (χ0v) is 11.3. The van der Waals surface area contributed by atoms with Gasteiger partial charge in [0.2, 0.25) is 0 Å². The molecule has 1 aromatic heterocycles. The average Bonchev–Trinajstić information content (AvgIpc) is 2.63. The van der Waals surface area contributed by atoms with Crippen LogP contribution in [0.5, 0.6) is 0 Å². The van der Waals surface area contributed by atoms with Gasteiger partial charge in [0, 0.05) is 12.3 Å². The van der Waals surface area contributed by atoms with E-state index >= 15 is 0 Å². The summed E-state index contributed by atoms with van der Waals surface area (Å²) in [6, 6.07) is 0.975. The quantitative estimate of drug-likeness (QED) is 0.536. The number of alkyl halides is 1. The van der Waals surface area contributed by atoms with E-state index in [4.69, 9.17) is 4.74 Å². The lowest BCUT2D eigenvalue weighted by atomic mass is 10.0. The molecular formula is C12H15FN2O6. The van der Waals surface area contributed by atoms with E-state index in [1.54, 1.807) is 0 Å². The molecule has 0 bridgehead atoms. The number of nitrogens with zero attached hydrogens (tertiary/aromatic N) is 1. The van der Waals surface area contributed by atoms with E-state index in [0.29, 0.717) is 0 Å². The number of hydrogen-bond acceptors (Lipinski definition) is 6. The summed E-state index contributed by atoms with van der Waals surface area (Å²) in [6.07, 6.45) is -4.53. The number of aliphatic hydroxyl groups is 3. The first-order valence-electron chi connectivity index (χ1n) is 6.09. The number of aromatic nitrogens is 2. The van der Waals surface area contributed by atoms with Crippen molar-refractivity contribution in [3.63, 3.8) is 0 Å². The van der Waals surface area contributed by atoms with Gasteiger partial charge in [-0.3, -0.25) is 14.3 Å². The van der Waals surface area contributed by atoms with Gasteiger partial charge < -0.3 is 20.1 Å². The molecule has 4 N–H and O–H groups in total. The maximum atomic E-state index is 14.6. The summed E-state index contributed by atoms with van der Waals surface area (Å²) in [5, 5.41) is 29.4. The lowest BCUT2D eigenvalue weighted by molar-refractivity contribution is -0.180. The highest BCUT2D eigenvalue weighted by Crippen LogP contribution is 2.42. The van der Waals surface area contributed by atoms with Gasteiger partial charge in [-0.1, -0.05) is 0 Å². The Morgan fingerprint density at radius 1 is 1.43 bits per heavy atom. The summed E-state index contributed by atoms with van der Waals surface area (Å²) < 4.78 is 20.2. The Hall–Kier alpha value is -1.97. The van der Waals surface area contributed by atoms with Crippen molar-refractivity contribution in [3.8, 4) is 0 Å². The van der Waals surface area contributed by atoms with Gasteiger partial charge in [-0.15, -0.1) is 0 Å². The molecule has 2 heterocycles. The Bertz CT molecular complexity index is 691. The van der Waals surface area contributed by atoms with Crippen molar-refractivity contribution < 1.29 is 24.4 Å². The standard InChI is InChI=1S/C12H15FN2O6/c1-5(2)8(18)12(13)9(19)7(17)10(21-12)15-4-3-6(16)14-11(15)20/h3-4,7,9-10,17-19H,1-2H3,(H,14,16,20)/t7-,9+,10-,12-/m1/s1. The molecule has 0 radical (unpaired) electrons. The summed E-state index contributed by atoms with van der Waals surface area (Å²) in [7, 11) is 0. The number of hydrogen-bond donors (Lipinski definition) is 4. The second kappa shape index (κ2) is 5.10. The Balaban J connectivity index is 2.48. The van der Waals surface area contributed by atoms with E-state index in [1.807, 2.05) is 4.98 Å². The minimum Gasteiger partial charge on any atom is -0.506 e. The molecule has 0 aromatic carbocycles. The molecule has 0 saturated carbocycles. The Morgan fingerprint density at radius 3 is 2.57 bits per heavy atom. The first kappa shape index (κ1) is 15.4. The Morgan fingerprint density at radius 2 is 2.05 bits per heavy atom. The van der Waals surface area contributed by atoms with E-state index in [1.165, 1.54) is 13.8 Å². The minimum absolute atomic E-state index is 0.137. The molecule has 9 heteroatoms. The summed E-state index contributed by atoms with van der Waals surface area (Å²) in [5.74, 6) is -3.92. The normalized spacial score (nSPS) is 32.1. The van der Waals surface area contributed by atoms with Crippen molar-refractivity contribution in [2.75, 3.05) is 0 Å². The van der Waals surface area contributed by atoms with Crippen LogP contribution in [0.15, 0.2) is 33.2 Å². The van der Waals surface area contributed by atoms with Crippen molar-refractivity contribution in [2.45, 2.75) is 38.1 Å². The molecule has 8 nitrogen and oxygen atoms in total. The van der Waals surface area contributed by atoms with Crippen LogP contribution < -0.4 is 11.2 Å². The van der Waals surface area contributed by atoms with Crippen molar-refractivity contribution >= 4 is 0 Å².